The largest absolute Gasteiger partial charge is 0.354 e. The lowest BCUT2D eigenvalue weighted by atomic mass is 9.91. The van der Waals surface area contributed by atoms with Crippen molar-refractivity contribution in [2.24, 2.45) is 11.7 Å². The molecule has 0 saturated heterocycles. The summed E-state index contributed by atoms with van der Waals surface area (Å²) in [6, 6.07) is 20.0. The van der Waals surface area contributed by atoms with Crippen LogP contribution in [0.2, 0.25) is 0 Å². The molecule has 0 bridgehead atoms. The molecule has 3 nitrogen and oxygen atoms in total. The quantitative estimate of drug-likeness (QED) is 0.861. The van der Waals surface area contributed by atoms with Crippen LogP contribution in [0.5, 0.6) is 0 Å². The third-order valence-corrected chi connectivity index (χ3v) is 3.91. The Morgan fingerprint density at radius 3 is 1.82 bits per heavy atom. The minimum atomic E-state index is -0.466. The predicted octanol–water partition coefficient (Wildman–Crippen LogP) is 2.92. The van der Waals surface area contributed by atoms with Gasteiger partial charge in [-0.2, -0.15) is 0 Å². The lowest BCUT2D eigenvalue weighted by Crippen LogP contribution is -2.45. The van der Waals surface area contributed by atoms with Crippen molar-refractivity contribution in [2.75, 3.05) is 6.54 Å². The highest BCUT2D eigenvalue weighted by Gasteiger charge is 2.20. The van der Waals surface area contributed by atoms with E-state index in [0.717, 1.165) is 0 Å². The van der Waals surface area contributed by atoms with Crippen LogP contribution in [0.4, 0.5) is 0 Å². The Bertz CT molecular complexity index is 541. The maximum Gasteiger partial charge on any atom is 0.237 e. The molecule has 0 fully saturated rings. The third kappa shape index (κ3) is 4.18. The van der Waals surface area contributed by atoms with Crippen LogP contribution in [0.15, 0.2) is 60.7 Å². The molecular weight excluding hydrogens is 272 g/mol. The molecule has 1 amide bonds. The second kappa shape index (κ2) is 7.76. The molecule has 0 heterocycles. The fourth-order valence-electron chi connectivity index (χ4n) is 2.42. The van der Waals surface area contributed by atoms with Gasteiger partial charge in [-0.25, -0.2) is 0 Å². The zero-order valence-electron chi connectivity index (χ0n) is 13.2. The van der Waals surface area contributed by atoms with Crippen LogP contribution < -0.4 is 11.1 Å². The lowest BCUT2D eigenvalue weighted by molar-refractivity contribution is -0.123. The summed E-state index contributed by atoms with van der Waals surface area (Å²) >= 11 is 0. The van der Waals surface area contributed by atoms with Crippen LogP contribution in [-0.2, 0) is 4.79 Å². The summed E-state index contributed by atoms with van der Waals surface area (Å²) in [5.41, 5.74) is 8.29. The van der Waals surface area contributed by atoms with Crippen LogP contribution >= 0.6 is 0 Å². The van der Waals surface area contributed by atoms with Crippen LogP contribution in [0.1, 0.15) is 30.9 Å². The normalized spacial score (nSPS) is 12.4. The number of hydrogen-bond donors (Lipinski definition) is 2. The first-order valence-electron chi connectivity index (χ1n) is 7.72. The van der Waals surface area contributed by atoms with Crippen molar-refractivity contribution in [2.45, 2.75) is 25.8 Å². The molecule has 0 unspecified atom stereocenters. The predicted molar refractivity (Wildman–Crippen MR) is 90.6 cm³/mol. The molecule has 116 valence electrons. The third-order valence-electron chi connectivity index (χ3n) is 3.91. The Morgan fingerprint density at radius 1 is 0.955 bits per heavy atom. The Hall–Kier alpha value is -2.13. The SMILES string of the molecule is CC(C)[C@H](N)C(=O)NCC(c1ccccc1)c1ccccc1. The average Bonchev–Trinajstić information content (AvgIpc) is 2.56. The van der Waals surface area contributed by atoms with Gasteiger partial charge in [0.25, 0.3) is 0 Å². The molecule has 2 aromatic rings. The van der Waals surface area contributed by atoms with E-state index in [0.29, 0.717) is 6.54 Å². The average molecular weight is 296 g/mol. The molecule has 0 aliphatic heterocycles. The highest BCUT2D eigenvalue weighted by molar-refractivity contribution is 5.81. The van der Waals surface area contributed by atoms with Crippen LogP contribution in [0.25, 0.3) is 0 Å². The molecule has 2 aromatic carbocycles. The number of carbonyl (C=O) groups excluding carboxylic acids is 1. The van der Waals surface area contributed by atoms with Gasteiger partial charge < -0.3 is 11.1 Å². The van der Waals surface area contributed by atoms with Crippen molar-refractivity contribution in [1.29, 1.82) is 0 Å². The number of benzene rings is 2. The van der Waals surface area contributed by atoms with E-state index in [4.69, 9.17) is 5.73 Å². The van der Waals surface area contributed by atoms with Crippen molar-refractivity contribution < 1.29 is 4.79 Å². The van der Waals surface area contributed by atoms with Crippen LogP contribution in [-0.4, -0.2) is 18.5 Å². The van der Waals surface area contributed by atoms with Crippen LogP contribution in [0, 0.1) is 5.92 Å². The zero-order chi connectivity index (χ0) is 15.9. The summed E-state index contributed by atoms with van der Waals surface area (Å²) in [7, 11) is 0. The zero-order valence-corrected chi connectivity index (χ0v) is 13.2. The molecule has 0 spiro atoms. The van der Waals surface area contributed by atoms with Gasteiger partial charge in [-0.15, -0.1) is 0 Å². The monoisotopic (exact) mass is 296 g/mol. The number of rotatable bonds is 6. The van der Waals surface area contributed by atoms with Gasteiger partial charge >= 0.3 is 0 Å². The highest BCUT2D eigenvalue weighted by atomic mass is 16.2. The molecule has 3 N–H and O–H groups in total. The number of nitrogens with one attached hydrogen (secondary N) is 1. The minimum absolute atomic E-state index is 0.0909. The maximum absolute atomic E-state index is 12.1. The topological polar surface area (TPSA) is 55.1 Å². The van der Waals surface area contributed by atoms with Crippen molar-refractivity contribution in [3.8, 4) is 0 Å². The van der Waals surface area contributed by atoms with Gasteiger partial charge in [0, 0.05) is 12.5 Å². The summed E-state index contributed by atoms with van der Waals surface area (Å²) in [5.74, 6) is 0.171. The summed E-state index contributed by atoms with van der Waals surface area (Å²) in [6.45, 7) is 4.46. The van der Waals surface area contributed by atoms with E-state index in [2.05, 4.69) is 29.6 Å². The first-order valence-corrected chi connectivity index (χ1v) is 7.72. The van der Waals surface area contributed by atoms with E-state index < -0.39 is 6.04 Å². The molecule has 0 aliphatic carbocycles. The van der Waals surface area contributed by atoms with Gasteiger partial charge in [-0.1, -0.05) is 74.5 Å². The standard InChI is InChI=1S/C19H24N2O/c1-14(2)18(20)19(22)21-13-17(15-9-5-3-6-10-15)16-11-7-4-8-12-16/h3-12,14,17-18H,13,20H2,1-2H3,(H,21,22)/t18-/m0/s1. The van der Waals surface area contributed by atoms with E-state index in [9.17, 15) is 4.79 Å². The summed E-state index contributed by atoms with van der Waals surface area (Å²) in [5, 5.41) is 3.00. The van der Waals surface area contributed by atoms with E-state index in [1.54, 1.807) is 0 Å². The Morgan fingerprint density at radius 2 is 1.41 bits per heavy atom. The highest BCUT2D eigenvalue weighted by Crippen LogP contribution is 2.23. The van der Waals surface area contributed by atoms with Gasteiger partial charge in [0.1, 0.15) is 0 Å². The van der Waals surface area contributed by atoms with Crippen molar-refractivity contribution in [3.05, 3.63) is 71.8 Å². The summed E-state index contributed by atoms with van der Waals surface area (Å²) in [4.78, 5) is 12.1. The summed E-state index contributed by atoms with van der Waals surface area (Å²) < 4.78 is 0. The second-order valence-electron chi connectivity index (χ2n) is 5.89. The molecule has 3 heteroatoms. The van der Waals surface area contributed by atoms with E-state index in [-0.39, 0.29) is 17.7 Å². The van der Waals surface area contributed by atoms with Crippen molar-refractivity contribution in [1.82, 2.24) is 5.32 Å². The molecule has 0 aromatic heterocycles. The van der Waals surface area contributed by atoms with Gasteiger partial charge in [-0.3, -0.25) is 4.79 Å². The number of carbonyl (C=O) groups is 1. The second-order valence-corrected chi connectivity index (χ2v) is 5.89. The van der Waals surface area contributed by atoms with E-state index >= 15 is 0 Å². The molecular formula is C19H24N2O. The first-order chi connectivity index (χ1) is 10.6. The van der Waals surface area contributed by atoms with Crippen molar-refractivity contribution in [3.63, 3.8) is 0 Å². The fraction of sp³-hybridized carbons (Fsp3) is 0.316. The molecule has 0 radical (unpaired) electrons. The molecule has 0 saturated carbocycles. The van der Waals surface area contributed by atoms with E-state index in [1.165, 1.54) is 11.1 Å². The smallest absolute Gasteiger partial charge is 0.237 e. The number of amides is 1. The maximum atomic E-state index is 12.1. The van der Waals surface area contributed by atoms with Gasteiger partial charge in [-0.05, 0) is 17.0 Å². The fourth-order valence-corrected chi connectivity index (χ4v) is 2.42. The Kier molecular flexibility index (Phi) is 5.73. The Labute approximate surface area is 132 Å². The van der Waals surface area contributed by atoms with E-state index in [1.807, 2.05) is 50.2 Å². The van der Waals surface area contributed by atoms with Crippen molar-refractivity contribution >= 4 is 5.91 Å². The summed E-state index contributed by atoms with van der Waals surface area (Å²) in [6.07, 6.45) is 0. The lowest BCUT2D eigenvalue weighted by Gasteiger charge is -2.21. The minimum Gasteiger partial charge on any atom is -0.354 e. The molecule has 2 rings (SSSR count). The molecule has 0 aliphatic rings. The number of nitrogens with two attached hydrogens (primary N) is 1. The van der Waals surface area contributed by atoms with Gasteiger partial charge in [0.15, 0.2) is 0 Å². The number of hydrogen-bond acceptors (Lipinski definition) is 2. The van der Waals surface area contributed by atoms with Crippen LogP contribution in [0.3, 0.4) is 0 Å². The first kappa shape index (κ1) is 16.2. The van der Waals surface area contributed by atoms with Gasteiger partial charge in [0.2, 0.25) is 5.91 Å². The van der Waals surface area contributed by atoms with Gasteiger partial charge in [0.05, 0.1) is 6.04 Å². The Balaban J connectivity index is 2.15. The molecule has 22 heavy (non-hydrogen) atoms. The molecule has 1 atom stereocenters.